The summed E-state index contributed by atoms with van der Waals surface area (Å²) in [6, 6.07) is 1.80. The highest BCUT2D eigenvalue weighted by Gasteiger charge is 2.22. The maximum atomic E-state index is 11.4. The lowest BCUT2D eigenvalue weighted by Crippen LogP contribution is -2.33. The van der Waals surface area contributed by atoms with E-state index in [1.165, 1.54) is 0 Å². The van der Waals surface area contributed by atoms with Crippen LogP contribution in [0.3, 0.4) is 0 Å². The van der Waals surface area contributed by atoms with Crippen LogP contribution in [0.1, 0.15) is 33.1 Å². The first-order valence-corrected chi connectivity index (χ1v) is 6.01. The number of rotatable bonds is 6. The van der Waals surface area contributed by atoms with Crippen molar-refractivity contribution in [3.63, 3.8) is 0 Å². The zero-order chi connectivity index (χ0) is 10.3. The fourth-order valence-electron chi connectivity index (χ4n) is 0.896. The van der Waals surface area contributed by atoms with E-state index in [4.69, 9.17) is 5.26 Å². The molecule has 1 N–H and O–H groups in total. The number of hydrogen-bond donors (Lipinski definition) is 1. The van der Waals surface area contributed by atoms with Gasteiger partial charge < -0.3 is 0 Å². The summed E-state index contributed by atoms with van der Waals surface area (Å²) in [7, 11) is -3.41. The van der Waals surface area contributed by atoms with Gasteiger partial charge in [0, 0.05) is 6.54 Å². The van der Waals surface area contributed by atoms with Gasteiger partial charge in [-0.25, -0.2) is 13.1 Å². The van der Waals surface area contributed by atoms with Crippen molar-refractivity contribution in [2.45, 2.75) is 38.4 Å². The molecular formula is C8H16N2O2S. The molecule has 0 rings (SSSR count). The Hall–Kier alpha value is -0.600. The molecular weight excluding hydrogens is 188 g/mol. The van der Waals surface area contributed by atoms with Gasteiger partial charge in [-0.2, -0.15) is 5.26 Å². The van der Waals surface area contributed by atoms with E-state index in [-0.39, 0.29) is 0 Å². The molecule has 0 saturated heterocycles. The predicted molar refractivity (Wildman–Crippen MR) is 51.5 cm³/mol. The summed E-state index contributed by atoms with van der Waals surface area (Å²) in [5.41, 5.74) is 0. The number of sulfonamides is 1. The van der Waals surface area contributed by atoms with Crippen LogP contribution in [-0.2, 0) is 10.0 Å². The van der Waals surface area contributed by atoms with Gasteiger partial charge in [0.2, 0.25) is 10.0 Å². The molecule has 0 heterocycles. The molecule has 1 atom stereocenters. The maximum absolute atomic E-state index is 11.4. The molecule has 1 unspecified atom stereocenters. The first kappa shape index (κ1) is 12.4. The zero-order valence-electron chi connectivity index (χ0n) is 8.08. The van der Waals surface area contributed by atoms with Crippen LogP contribution in [0.5, 0.6) is 0 Å². The quantitative estimate of drug-likeness (QED) is 0.702. The first-order valence-electron chi connectivity index (χ1n) is 4.46. The highest BCUT2D eigenvalue weighted by Crippen LogP contribution is 2.05. The number of nitrogens with zero attached hydrogens (tertiary/aromatic N) is 1. The lowest BCUT2D eigenvalue weighted by molar-refractivity contribution is 0.568. The number of nitriles is 1. The van der Waals surface area contributed by atoms with E-state index in [9.17, 15) is 8.42 Å². The Bertz CT molecular complexity index is 266. The van der Waals surface area contributed by atoms with Crippen LogP contribution in [0.4, 0.5) is 0 Å². The van der Waals surface area contributed by atoms with Gasteiger partial charge >= 0.3 is 0 Å². The second-order valence-corrected chi connectivity index (χ2v) is 4.79. The summed E-state index contributed by atoms with van der Waals surface area (Å²) in [4.78, 5) is 0. The van der Waals surface area contributed by atoms with Crippen molar-refractivity contribution >= 4 is 10.0 Å². The van der Waals surface area contributed by atoms with Crippen molar-refractivity contribution in [1.29, 1.82) is 5.26 Å². The molecule has 0 aromatic carbocycles. The van der Waals surface area contributed by atoms with Crippen molar-refractivity contribution in [2.24, 2.45) is 0 Å². The van der Waals surface area contributed by atoms with Crippen LogP contribution in [0, 0.1) is 11.3 Å². The molecule has 0 aliphatic heterocycles. The average Bonchev–Trinajstić information content (AvgIpc) is 2.10. The van der Waals surface area contributed by atoms with Crippen molar-refractivity contribution < 1.29 is 8.42 Å². The minimum atomic E-state index is -3.41. The van der Waals surface area contributed by atoms with Gasteiger partial charge in [0.1, 0.15) is 0 Å². The maximum Gasteiger partial charge on any atom is 0.227 e. The van der Waals surface area contributed by atoms with Crippen LogP contribution < -0.4 is 4.72 Å². The monoisotopic (exact) mass is 204 g/mol. The van der Waals surface area contributed by atoms with Crippen LogP contribution >= 0.6 is 0 Å². The van der Waals surface area contributed by atoms with E-state index in [2.05, 4.69) is 4.72 Å². The van der Waals surface area contributed by atoms with Crippen LogP contribution in [-0.4, -0.2) is 20.2 Å². The van der Waals surface area contributed by atoms with Crippen molar-refractivity contribution in [2.75, 3.05) is 6.54 Å². The van der Waals surface area contributed by atoms with E-state index >= 15 is 0 Å². The molecule has 0 spiro atoms. The third-order valence-electron chi connectivity index (χ3n) is 1.62. The summed E-state index contributed by atoms with van der Waals surface area (Å²) in [6.45, 7) is 4.15. The van der Waals surface area contributed by atoms with Gasteiger partial charge in [0.15, 0.2) is 5.25 Å². The fraction of sp³-hybridized carbons (Fsp3) is 0.875. The molecule has 4 nitrogen and oxygen atoms in total. The van der Waals surface area contributed by atoms with Crippen LogP contribution in [0.15, 0.2) is 0 Å². The highest BCUT2D eigenvalue weighted by atomic mass is 32.2. The largest absolute Gasteiger partial charge is 0.227 e. The highest BCUT2D eigenvalue weighted by molar-refractivity contribution is 7.90. The second-order valence-electron chi connectivity index (χ2n) is 2.85. The SMILES string of the molecule is CCCNS(=O)(=O)C(C#N)CCC. The number of hydrogen-bond acceptors (Lipinski definition) is 3. The molecule has 0 aliphatic rings. The first-order chi connectivity index (χ1) is 6.08. The summed E-state index contributed by atoms with van der Waals surface area (Å²) in [5.74, 6) is 0. The molecule has 5 heteroatoms. The van der Waals surface area contributed by atoms with Gasteiger partial charge in [-0.15, -0.1) is 0 Å². The Morgan fingerprint density at radius 3 is 2.38 bits per heavy atom. The topological polar surface area (TPSA) is 70.0 Å². The van der Waals surface area contributed by atoms with Crippen LogP contribution in [0.25, 0.3) is 0 Å². The summed E-state index contributed by atoms with van der Waals surface area (Å²) in [5, 5.41) is 7.72. The Balaban J connectivity index is 4.33. The average molecular weight is 204 g/mol. The molecule has 0 amide bonds. The van der Waals surface area contributed by atoms with E-state index in [0.29, 0.717) is 19.4 Å². The summed E-state index contributed by atoms with van der Waals surface area (Å²) < 4.78 is 25.1. The van der Waals surface area contributed by atoms with Gasteiger partial charge in [0.05, 0.1) is 6.07 Å². The molecule has 0 fully saturated rings. The smallest absolute Gasteiger partial charge is 0.214 e. The second kappa shape index (κ2) is 5.95. The molecule has 0 aliphatic carbocycles. The lowest BCUT2D eigenvalue weighted by Gasteiger charge is -2.09. The minimum absolute atomic E-state index is 0.398. The summed E-state index contributed by atoms with van der Waals surface area (Å²) in [6.07, 6.45) is 1.84. The standard InChI is InChI=1S/C8H16N2O2S/c1-3-5-8(7-9)13(11,12)10-6-4-2/h8,10H,3-6H2,1-2H3. The third kappa shape index (κ3) is 4.25. The Morgan fingerprint density at radius 1 is 1.38 bits per heavy atom. The Morgan fingerprint density at radius 2 is 2.00 bits per heavy atom. The molecule has 0 bridgehead atoms. The number of nitrogens with one attached hydrogen (secondary N) is 1. The molecule has 76 valence electrons. The van der Waals surface area contributed by atoms with E-state index in [1.54, 1.807) is 6.07 Å². The van der Waals surface area contributed by atoms with E-state index < -0.39 is 15.3 Å². The molecule has 0 radical (unpaired) electrons. The van der Waals surface area contributed by atoms with Crippen LogP contribution in [0.2, 0.25) is 0 Å². The van der Waals surface area contributed by atoms with Gasteiger partial charge in [-0.1, -0.05) is 20.3 Å². The summed E-state index contributed by atoms with van der Waals surface area (Å²) >= 11 is 0. The molecule has 0 aromatic heterocycles. The Labute approximate surface area is 80.0 Å². The van der Waals surface area contributed by atoms with E-state index in [1.807, 2.05) is 13.8 Å². The van der Waals surface area contributed by atoms with Gasteiger partial charge in [-0.3, -0.25) is 0 Å². The third-order valence-corrected chi connectivity index (χ3v) is 3.32. The van der Waals surface area contributed by atoms with Gasteiger partial charge in [-0.05, 0) is 12.8 Å². The molecule has 0 saturated carbocycles. The fourth-order valence-corrected chi connectivity index (χ4v) is 2.27. The minimum Gasteiger partial charge on any atom is -0.214 e. The zero-order valence-corrected chi connectivity index (χ0v) is 8.89. The normalized spacial score (nSPS) is 13.6. The predicted octanol–water partition coefficient (Wildman–Crippen LogP) is 1.01. The molecule has 0 aromatic rings. The van der Waals surface area contributed by atoms with Crippen molar-refractivity contribution in [1.82, 2.24) is 4.72 Å². The van der Waals surface area contributed by atoms with Crippen molar-refractivity contribution in [3.05, 3.63) is 0 Å². The van der Waals surface area contributed by atoms with Gasteiger partial charge in [0.25, 0.3) is 0 Å². The Kier molecular flexibility index (Phi) is 5.67. The van der Waals surface area contributed by atoms with E-state index in [0.717, 1.165) is 6.42 Å². The molecule has 13 heavy (non-hydrogen) atoms. The van der Waals surface area contributed by atoms with Crippen molar-refractivity contribution in [3.8, 4) is 6.07 Å². The lowest BCUT2D eigenvalue weighted by atomic mass is 10.3.